The fourth-order valence-corrected chi connectivity index (χ4v) is 3.45. The van der Waals surface area contributed by atoms with Gasteiger partial charge in [0.15, 0.2) is 0 Å². The normalized spacial score (nSPS) is 41.6. The second-order valence-corrected chi connectivity index (χ2v) is 6.28. The van der Waals surface area contributed by atoms with Crippen molar-refractivity contribution in [2.45, 2.75) is 83.8 Å². The van der Waals surface area contributed by atoms with Crippen molar-refractivity contribution in [2.24, 2.45) is 11.8 Å². The Morgan fingerprint density at radius 1 is 0.688 bits per heavy atom. The minimum atomic E-state index is 0.577. The summed E-state index contributed by atoms with van der Waals surface area (Å²) >= 11 is 0. The number of rotatable bonds is 2. The number of hydrogen-bond acceptors (Lipinski definition) is 1. The highest BCUT2D eigenvalue weighted by molar-refractivity contribution is 4.75. The lowest BCUT2D eigenvalue weighted by Crippen LogP contribution is -2.27. The average Bonchev–Trinajstić information content (AvgIpc) is 2.43. The predicted octanol–water partition coefficient (Wildman–Crippen LogP) is 4.55. The molecule has 4 unspecified atom stereocenters. The van der Waals surface area contributed by atoms with Crippen molar-refractivity contribution in [3.63, 3.8) is 0 Å². The molecule has 2 aliphatic rings. The quantitative estimate of drug-likeness (QED) is 0.625. The van der Waals surface area contributed by atoms with Gasteiger partial charge in [-0.05, 0) is 37.5 Å². The van der Waals surface area contributed by atoms with Gasteiger partial charge in [-0.15, -0.1) is 0 Å². The van der Waals surface area contributed by atoms with Crippen molar-refractivity contribution in [2.75, 3.05) is 0 Å². The molecule has 0 aromatic carbocycles. The molecule has 0 aliphatic heterocycles. The third-order valence-corrected chi connectivity index (χ3v) is 4.41. The summed E-state index contributed by atoms with van der Waals surface area (Å²) in [6.45, 7) is 4.77. The van der Waals surface area contributed by atoms with Gasteiger partial charge in [-0.3, -0.25) is 0 Å². The van der Waals surface area contributed by atoms with Gasteiger partial charge in [0.1, 0.15) is 0 Å². The highest BCUT2D eigenvalue weighted by Gasteiger charge is 2.24. The van der Waals surface area contributed by atoms with E-state index in [4.69, 9.17) is 4.74 Å². The molecule has 1 nitrogen and oxygen atoms in total. The molecule has 2 rings (SSSR count). The summed E-state index contributed by atoms with van der Waals surface area (Å²) in [7, 11) is 0. The zero-order chi connectivity index (χ0) is 11.4. The van der Waals surface area contributed by atoms with Crippen LogP contribution >= 0.6 is 0 Å². The molecule has 0 heterocycles. The summed E-state index contributed by atoms with van der Waals surface area (Å²) in [6.07, 6.45) is 13.4. The molecule has 0 spiro atoms. The van der Waals surface area contributed by atoms with E-state index in [1.54, 1.807) is 0 Å². The largest absolute Gasteiger partial charge is 0.375 e. The van der Waals surface area contributed by atoms with Crippen LogP contribution in [0, 0.1) is 11.8 Å². The van der Waals surface area contributed by atoms with Crippen molar-refractivity contribution in [1.29, 1.82) is 0 Å². The molecule has 16 heavy (non-hydrogen) atoms. The summed E-state index contributed by atoms with van der Waals surface area (Å²) in [5, 5.41) is 0. The molecule has 2 fully saturated rings. The molecule has 94 valence electrons. The molecular weight excluding hydrogens is 196 g/mol. The Labute approximate surface area is 101 Å². The predicted molar refractivity (Wildman–Crippen MR) is 68.5 cm³/mol. The van der Waals surface area contributed by atoms with Crippen LogP contribution in [-0.4, -0.2) is 12.2 Å². The first-order chi connectivity index (χ1) is 7.74. The summed E-state index contributed by atoms with van der Waals surface area (Å²) in [5.74, 6) is 1.77. The Hall–Kier alpha value is -0.0400. The molecule has 0 N–H and O–H groups in total. The minimum absolute atomic E-state index is 0.577. The maximum absolute atomic E-state index is 6.35. The Bertz CT molecular complexity index is 202. The van der Waals surface area contributed by atoms with E-state index in [-0.39, 0.29) is 0 Å². The molecule has 0 amide bonds. The van der Waals surface area contributed by atoms with Crippen LogP contribution in [0.1, 0.15) is 71.6 Å². The number of ether oxygens (including phenoxy) is 1. The van der Waals surface area contributed by atoms with E-state index in [9.17, 15) is 0 Å². The molecule has 0 bridgehead atoms. The zero-order valence-corrected chi connectivity index (χ0v) is 11.1. The molecule has 0 saturated heterocycles. The maximum atomic E-state index is 6.35. The first-order valence-corrected chi connectivity index (χ1v) is 7.39. The van der Waals surface area contributed by atoms with E-state index in [2.05, 4.69) is 13.8 Å². The Kier molecular flexibility index (Phi) is 4.69. The van der Waals surface area contributed by atoms with E-state index >= 15 is 0 Å². The molecule has 4 atom stereocenters. The van der Waals surface area contributed by atoms with Crippen molar-refractivity contribution >= 4 is 0 Å². The third-order valence-electron chi connectivity index (χ3n) is 4.41. The van der Waals surface area contributed by atoms with Gasteiger partial charge in [0.05, 0.1) is 12.2 Å². The van der Waals surface area contributed by atoms with Gasteiger partial charge in [-0.25, -0.2) is 0 Å². The lowest BCUT2D eigenvalue weighted by Gasteiger charge is -2.31. The summed E-state index contributed by atoms with van der Waals surface area (Å²) in [4.78, 5) is 0. The molecule has 0 radical (unpaired) electrons. The van der Waals surface area contributed by atoms with Gasteiger partial charge in [-0.2, -0.15) is 0 Å². The Morgan fingerprint density at radius 2 is 1.19 bits per heavy atom. The molecule has 1 heteroatoms. The zero-order valence-electron chi connectivity index (χ0n) is 11.1. The summed E-state index contributed by atoms with van der Waals surface area (Å²) in [6, 6.07) is 0. The Morgan fingerprint density at radius 3 is 1.88 bits per heavy atom. The lowest BCUT2D eigenvalue weighted by molar-refractivity contribution is -0.0482. The van der Waals surface area contributed by atoms with E-state index in [0.717, 1.165) is 11.8 Å². The fraction of sp³-hybridized carbons (Fsp3) is 1.00. The smallest absolute Gasteiger partial charge is 0.0581 e. The van der Waals surface area contributed by atoms with Crippen LogP contribution in [0.5, 0.6) is 0 Å². The van der Waals surface area contributed by atoms with Gasteiger partial charge in [0, 0.05) is 0 Å². The summed E-state index contributed by atoms with van der Waals surface area (Å²) in [5.41, 5.74) is 0. The lowest BCUT2D eigenvalue weighted by atomic mass is 9.88. The highest BCUT2D eigenvalue weighted by Crippen LogP contribution is 2.31. The SMILES string of the molecule is CC1CCCCC(OC2CCCC(C)C2)C1. The first kappa shape index (κ1) is 12.4. The monoisotopic (exact) mass is 224 g/mol. The summed E-state index contributed by atoms with van der Waals surface area (Å²) < 4.78 is 6.35. The van der Waals surface area contributed by atoms with Gasteiger partial charge in [0.2, 0.25) is 0 Å². The van der Waals surface area contributed by atoms with Crippen LogP contribution in [0.25, 0.3) is 0 Å². The topological polar surface area (TPSA) is 9.23 Å². The van der Waals surface area contributed by atoms with Crippen LogP contribution in [0.15, 0.2) is 0 Å². The Balaban J connectivity index is 1.78. The van der Waals surface area contributed by atoms with Crippen molar-refractivity contribution in [3.05, 3.63) is 0 Å². The van der Waals surface area contributed by atoms with Gasteiger partial charge >= 0.3 is 0 Å². The van der Waals surface area contributed by atoms with Crippen LogP contribution < -0.4 is 0 Å². The van der Waals surface area contributed by atoms with Crippen molar-refractivity contribution in [3.8, 4) is 0 Å². The minimum Gasteiger partial charge on any atom is -0.375 e. The second kappa shape index (κ2) is 6.05. The maximum Gasteiger partial charge on any atom is 0.0581 e. The van der Waals surface area contributed by atoms with E-state index in [1.807, 2.05) is 0 Å². The van der Waals surface area contributed by atoms with Crippen LogP contribution in [0.2, 0.25) is 0 Å². The molecule has 0 aromatic heterocycles. The van der Waals surface area contributed by atoms with Gasteiger partial charge in [-0.1, -0.05) is 46.0 Å². The molecule has 0 aromatic rings. The van der Waals surface area contributed by atoms with Gasteiger partial charge < -0.3 is 4.74 Å². The molecule has 2 aliphatic carbocycles. The van der Waals surface area contributed by atoms with E-state index in [0.29, 0.717) is 12.2 Å². The second-order valence-electron chi connectivity index (χ2n) is 6.28. The van der Waals surface area contributed by atoms with Gasteiger partial charge in [0.25, 0.3) is 0 Å². The molecular formula is C15H28O. The fourth-order valence-electron chi connectivity index (χ4n) is 3.45. The van der Waals surface area contributed by atoms with E-state index in [1.165, 1.54) is 57.8 Å². The highest BCUT2D eigenvalue weighted by atomic mass is 16.5. The van der Waals surface area contributed by atoms with Crippen molar-refractivity contribution in [1.82, 2.24) is 0 Å². The molecule has 2 saturated carbocycles. The first-order valence-electron chi connectivity index (χ1n) is 7.39. The van der Waals surface area contributed by atoms with Crippen LogP contribution in [-0.2, 0) is 4.74 Å². The standard InChI is InChI=1S/C15H28O/c1-12-6-3-4-8-14(10-12)16-15-9-5-7-13(2)11-15/h12-15H,3-11H2,1-2H3. The van der Waals surface area contributed by atoms with Crippen LogP contribution in [0.3, 0.4) is 0 Å². The van der Waals surface area contributed by atoms with Crippen LogP contribution in [0.4, 0.5) is 0 Å². The number of hydrogen-bond donors (Lipinski definition) is 0. The van der Waals surface area contributed by atoms with E-state index < -0.39 is 0 Å². The average molecular weight is 224 g/mol. The third kappa shape index (κ3) is 3.76. The van der Waals surface area contributed by atoms with Crippen molar-refractivity contribution < 1.29 is 4.74 Å².